The van der Waals surface area contributed by atoms with Crippen LogP contribution in [0, 0.1) is 13.8 Å². The molecule has 1 amide bonds. The summed E-state index contributed by atoms with van der Waals surface area (Å²) in [7, 11) is 0. The lowest BCUT2D eigenvalue weighted by Gasteiger charge is -2.03. The molecule has 1 aromatic carbocycles. The molecule has 2 aromatic rings. The van der Waals surface area contributed by atoms with E-state index in [1.165, 1.54) is 0 Å². The number of aryl methyl sites for hydroxylation is 2. The van der Waals surface area contributed by atoms with E-state index in [2.05, 4.69) is 10.3 Å². The quantitative estimate of drug-likeness (QED) is 0.888. The fourth-order valence-corrected chi connectivity index (χ4v) is 2.70. The number of aromatic nitrogens is 1. The van der Waals surface area contributed by atoms with Crippen molar-refractivity contribution in [2.75, 3.05) is 0 Å². The Balaban J connectivity index is 1.90. The van der Waals surface area contributed by atoms with Gasteiger partial charge in [-0.15, -0.1) is 11.3 Å². The number of carboxylic acids is 1. The van der Waals surface area contributed by atoms with E-state index < -0.39 is 5.97 Å². The van der Waals surface area contributed by atoms with Gasteiger partial charge < -0.3 is 10.4 Å². The minimum Gasteiger partial charge on any atom is -0.477 e. The number of benzene rings is 1. The van der Waals surface area contributed by atoms with E-state index >= 15 is 0 Å². The van der Waals surface area contributed by atoms with Crippen LogP contribution < -0.4 is 5.32 Å². The lowest BCUT2D eigenvalue weighted by Crippen LogP contribution is -2.24. The van der Waals surface area contributed by atoms with Crippen molar-refractivity contribution < 1.29 is 14.7 Å². The van der Waals surface area contributed by atoms with Gasteiger partial charge in [0.2, 0.25) is 5.91 Å². The molecule has 6 heteroatoms. The van der Waals surface area contributed by atoms with Crippen LogP contribution in [-0.4, -0.2) is 22.0 Å². The SMILES string of the molecule is Cc1ccc(CC(=O)NCc2nc(C)c(C(=O)O)s2)cc1. The molecule has 0 fully saturated rings. The van der Waals surface area contributed by atoms with Crippen LogP contribution in [0.1, 0.15) is 31.5 Å². The van der Waals surface area contributed by atoms with Gasteiger partial charge >= 0.3 is 5.97 Å². The predicted molar refractivity (Wildman–Crippen MR) is 80.5 cm³/mol. The van der Waals surface area contributed by atoms with Crippen LogP contribution in [0.15, 0.2) is 24.3 Å². The lowest BCUT2D eigenvalue weighted by molar-refractivity contribution is -0.120. The van der Waals surface area contributed by atoms with Gasteiger partial charge in [0.25, 0.3) is 0 Å². The van der Waals surface area contributed by atoms with Crippen molar-refractivity contribution in [2.24, 2.45) is 0 Å². The molecule has 0 aliphatic carbocycles. The van der Waals surface area contributed by atoms with Crippen LogP contribution in [0.25, 0.3) is 0 Å². The minimum absolute atomic E-state index is 0.108. The Bertz CT molecular complexity index is 662. The van der Waals surface area contributed by atoms with Crippen LogP contribution in [0.5, 0.6) is 0 Å². The number of nitrogens with one attached hydrogen (secondary N) is 1. The number of thiazole rings is 1. The highest BCUT2D eigenvalue weighted by Crippen LogP contribution is 2.17. The summed E-state index contributed by atoms with van der Waals surface area (Å²) < 4.78 is 0. The summed E-state index contributed by atoms with van der Waals surface area (Å²) in [6.07, 6.45) is 0.302. The summed E-state index contributed by atoms with van der Waals surface area (Å²) in [6.45, 7) is 3.90. The molecule has 0 unspecified atom stereocenters. The van der Waals surface area contributed by atoms with Gasteiger partial charge in [-0.1, -0.05) is 29.8 Å². The molecular formula is C15H16N2O3S. The number of carboxylic acid groups (broad SMARTS) is 1. The number of hydrogen-bond acceptors (Lipinski definition) is 4. The molecule has 1 aromatic heterocycles. The summed E-state index contributed by atoms with van der Waals surface area (Å²) in [6, 6.07) is 7.77. The number of rotatable bonds is 5. The van der Waals surface area contributed by atoms with Gasteiger partial charge in [-0.05, 0) is 19.4 Å². The van der Waals surface area contributed by atoms with Crippen molar-refractivity contribution in [3.05, 3.63) is 51.0 Å². The van der Waals surface area contributed by atoms with Crippen LogP contribution >= 0.6 is 11.3 Å². The fourth-order valence-electron chi connectivity index (χ4n) is 1.85. The summed E-state index contributed by atoms with van der Waals surface area (Å²) >= 11 is 1.09. The molecule has 0 aliphatic rings. The van der Waals surface area contributed by atoms with E-state index in [9.17, 15) is 9.59 Å². The summed E-state index contributed by atoms with van der Waals surface area (Å²) in [5.41, 5.74) is 2.58. The first kappa shape index (κ1) is 15.2. The van der Waals surface area contributed by atoms with Gasteiger partial charge in [0.1, 0.15) is 9.88 Å². The Labute approximate surface area is 126 Å². The molecule has 1 heterocycles. The second-order valence-corrected chi connectivity index (χ2v) is 5.85. The Kier molecular flexibility index (Phi) is 4.70. The van der Waals surface area contributed by atoms with E-state index in [4.69, 9.17) is 5.11 Å². The molecule has 2 rings (SSSR count). The van der Waals surface area contributed by atoms with Crippen LogP contribution in [0.4, 0.5) is 0 Å². The third kappa shape index (κ3) is 4.13. The van der Waals surface area contributed by atoms with E-state index in [1.807, 2.05) is 31.2 Å². The average molecular weight is 304 g/mol. The number of carbonyl (C=O) groups is 2. The first-order valence-electron chi connectivity index (χ1n) is 6.47. The molecule has 0 spiro atoms. The molecule has 0 saturated heterocycles. The topological polar surface area (TPSA) is 79.3 Å². The predicted octanol–water partition coefficient (Wildman–Crippen LogP) is 2.32. The Morgan fingerprint density at radius 3 is 2.48 bits per heavy atom. The minimum atomic E-state index is -0.984. The van der Waals surface area contributed by atoms with Gasteiger partial charge in [0.05, 0.1) is 18.7 Å². The largest absolute Gasteiger partial charge is 0.477 e. The van der Waals surface area contributed by atoms with Crippen LogP contribution in [-0.2, 0) is 17.8 Å². The number of carbonyl (C=O) groups excluding carboxylic acids is 1. The van der Waals surface area contributed by atoms with E-state index in [0.717, 1.165) is 22.5 Å². The second-order valence-electron chi connectivity index (χ2n) is 4.77. The highest BCUT2D eigenvalue weighted by atomic mass is 32.1. The Hall–Kier alpha value is -2.21. The average Bonchev–Trinajstić information content (AvgIpc) is 2.81. The van der Waals surface area contributed by atoms with Crippen molar-refractivity contribution in [3.8, 4) is 0 Å². The molecule has 5 nitrogen and oxygen atoms in total. The van der Waals surface area contributed by atoms with Crippen molar-refractivity contribution in [2.45, 2.75) is 26.8 Å². The molecule has 0 bridgehead atoms. The molecule has 0 atom stereocenters. The molecule has 2 N–H and O–H groups in total. The number of nitrogens with zero attached hydrogens (tertiary/aromatic N) is 1. The van der Waals surface area contributed by atoms with Crippen molar-refractivity contribution in [1.29, 1.82) is 0 Å². The first-order chi connectivity index (χ1) is 9.95. The van der Waals surface area contributed by atoms with E-state index in [0.29, 0.717) is 17.1 Å². The molecule has 0 saturated carbocycles. The lowest BCUT2D eigenvalue weighted by atomic mass is 10.1. The molecule has 0 aliphatic heterocycles. The zero-order chi connectivity index (χ0) is 15.4. The number of amides is 1. The van der Waals surface area contributed by atoms with Gasteiger partial charge in [0.15, 0.2) is 0 Å². The highest BCUT2D eigenvalue weighted by Gasteiger charge is 2.14. The van der Waals surface area contributed by atoms with Gasteiger partial charge in [-0.3, -0.25) is 4.79 Å². The zero-order valence-corrected chi connectivity index (χ0v) is 12.7. The molecule has 110 valence electrons. The summed E-state index contributed by atoms with van der Waals surface area (Å²) in [4.78, 5) is 27.1. The standard InChI is InChI=1S/C15H16N2O3S/c1-9-3-5-11(6-4-9)7-12(18)16-8-13-17-10(2)14(21-13)15(19)20/h3-6H,7-8H2,1-2H3,(H,16,18)(H,19,20). The molecule has 21 heavy (non-hydrogen) atoms. The second kappa shape index (κ2) is 6.49. The van der Waals surface area contributed by atoms with Crippen LogP contribution in [0.3, 0.4) is 0 Å². The Morgan fingerprint density at radius 2 is 1.90 bits per heavy atom. The Morgan fingerprint density at radius 1 is 1.24 bits per heavy atom. The molecule has 0 radical (unpaired) electrons. The third-order valence-corrected chi connectivity index (χ3v) is 4.10. The summed E-state index contributed by atoms with van der Waals surface area (Å²) in [5.74, 6) is -1.09. The monoisotopic (exact) mass is 304 g/mol. The maximum atomic E-state index is 11.8. The maximum Gasteiger partial charge on any atom is 0.347 e. The van der Waals surface area contributed by atoms with Crippen molar-refractivity contribution in [3.63, 3.8) is 0 Å². The van der Waals surface area contributed by atoms with E-state index in [-0.39, 0.29) is 17.3 Å². The fraction of sp³-hybridized carbons (Fsp3) is 0.267. The van der Waals surface area contributed by atoms with Crippen molar-refractivity contribution >= 4 is 23.2 Å². The van der Waals surface area contributed by atoms with E-state index in [1.54, 1.807) is 6.92 Å². The summed E-state index contributed by atoms with van der Waals surface area (Å²) in [5, 5.41) is 12.3. The smallest absolute Gasteiger partial charge is 0.347 e. The van der Waals surface area contributed by atoms with Crippen molar-refractivity contribution in [1.82, 2.24) is 10.3 Å². The zero-order valence-electron chi connectivity index (χ0n) is 11.8. The number of hydrogen-bond donors (Lipinski definition) is 2. The first-order valence-corrected chi connectivity index (χ1v) is 7.29. The van der Waals surface area contributed by atoms with Crippen LogP contribution in [0.2, 0.25) is 0 Å². The maximum absolute atomic E-state index is 11.8. The van der Waals surface area contributed by atoms with Gasteiger partial charge in [-0.2, -0.15) is 0 Å². The highest BCUT2D eigenvalue weighted by molar-refractivity contribution is 7.13. The number of aromatic carboxylic acids is 1. The third-order valence-electron chi connectivity index (χ3n) is 2.96. The van der Waals surface area contributed by atoms with Gasteiger partial charge in [0, 0.05) is 0 Å². The molecular weight excluding hydrogens is 288 g/mol. The normalized spacial score (nSPS) is 10.4. The van der Waals surface area contributed by atoms with Gasteiger partial charge in [-0.25, -0.2) is 9.78 Å².